The van der Waals surface area contributed by atoms with Gasteiger partial charge in [-0.2, -0.15) is 0 Å². The van der Waals surface area contributed by atoms with Crippen LogP contribution in [0, 0.1) is 11.8 Å². The lowest BCUT2D eigenvalue weighted by Crippen LogP contribution is -2.46. The molecule has 1 aromatic heterocycles. The molecule has 0 saturated carbocycles. The largest absolute Gasteiger partial charge is 0.357 e. The van der Waals surface area contributed by atoms with E-state index in [4.69, 9.17) is 0 Å². The highest BCUT2D eigenvalue weighted by Crippen LogP contribution is 2.44. The number of hydrogen-bond donors (Lipinski definition) is 1. The number of aromatic nitrogens is 1. The molecule has 134 valence electrons. The maximum Gasteiger partial charge on any atom is 0.222 e. The van der Waals surface area contributed by atoms with Crippen molar-refractivity contribution in [3.8, 4) is 0 Å². The predicted octanol–water partition coefficient (Wildman–Crippen LogP) is 3.59. The van der Waals surface area contributed by atoms with Crippen LogP contribution in [-0.2, 0) is 11.2 Å². The molecule has 1 aromatic carbocycles. The first-order valence-electron chi connectivity index (χ1n) is 9.62. The number of amides is 1. The molecule has 0 bridgehead atoms. The second-order valence-corrected chi connectivity index (χ2v) is 7.98. The maximum atomic E-state index is 12.3. The number of fused-ring (bicyclic) bond motifs is 5. The van der Waals surface area contributed by atoms with Crippen molar-refractivity contribution in [1.29, 1.82) is 0 Å². The van der Waals surface area contributed by atoms with E-state index in [0.29, 0.717) is 24.3 Å². The molecule has 4 heteroatoms. The molecular formula is C21H29N3O. The van der Waals surface area contributed by atoms with Gasteiger partial charge in [0.25, 0.3) is 0 Å². The fraction of sp³-hybridized carbons (Fsp3) is 0.571. The predicted molar refractivity (Wildman–Crippen MR) is 102 cm³/mol. The number of piperidine rings is 1. The van der Waals surface area contributed by atoms with Gasteiger partial charge in [-0.15, -0.1) is 0 Å². The Morgan fingerprint density at radius 3 is 2.84 bits per heavy atom. The van der Waals surface area contributed by atoms with E-state index >= 15 is 0 Å². The van der Waals surface area contributed by atoms with Crippen molar-refractivity contribution in [1.82, 2.24) is 14.8 Å². The summed E-state index contributed by atoms with van der Waals surface area (Å²) in [6.07, 6.45) is 4.07. The minimum absolute atomic E-state index is 0.268. The summed E-state index contributed by atoms with van der Waals surface area (Å²) in [4.78, 5) is 20.4. The fourth-order valence-electron chi connectivity index (χ4n) is 4.90. The average molecular weight is 339 g/mol. The standard InChI is InChI=1S/C21H29N3O/c1-4-14-13-24-10-9-17-16-7-5-6-8-18(16)22-21(17)19(24)11-15(14)12-20(25)23(2)3/h5-8,14-15,19,22H,4,9-13H2,1-3H3/t14-,15+,19?/m0/s1. The lowest BCUT2D eigenvalue weighted by Gasteiger charge is -2.46. The van der Waals surface area contributed by atoms with Crippen LogP contribution < -0.4 is 0 Å². The fourth-order valence-corrected chi connectivity index (χ4v) is 4.90. The number of nitrogens with one attached hydrogen (secondary N) is 1. The first kappa shape index (κ1) is 16.6. The molecular weight excluding hydrogens is 310 g/mol. The SMILES string of the molecule is CC[C@H]1CN2CCc3c([nH]c4ccccc34)C2C[C@@H]1CC(=O)N(C)C. The van der Waals surface area contributed by atoms with Crippen LogP contribution in [0.3, 0.4) is 0 Å². The first-order chi connectivity index (χ1) is 12.1. The summed E-state index contributed by atoms with van der Waals surface area (Å²) >= 11 is 0. The second kappa shape index (κ2) is 6.49. The number of H-pyrrole nitrogens is 1. The quantitative estimate of drug-likeness (QED) is 0.928. The molecule has 3 heterocycles. The smallest absolute Gasteiger partial charge is 0.222 e. The van der Waals surface area contributed by atoms with Crippen molar-refractivity contribution in [2.75, 3.05) is 27.2 Å². The van der Waals surface area contributed by atoms with Crippen molar-refractivity contribution in [3.05, 3.63) is 35.5 Å². The van der Waals surface area contributed by atoms with Gasteiger partial charge in [-0.05, 0) is 36.3 Å². The van der Waals surface area contributed by atoms with E-state index < -0.39 is 0 Å². The van der Waals surface area contributed by atoms with E-state index in [0.717, 1.165) is 32.4 Å². The molecule has 1 unspecified atom stereocenters. The van der Waals surface area contributed by atoms with E-state index in [2.05, 4.69) is 41.1 Å². The summed E-state index contributed by atoms with van der Waals surface area (Å²) in [6.45, 7) is 4.54. The molecule has 1 amide bonds. The Bertz CT molecular complexity index is 779. The Morgan fingerprint density at radius 1 is 1.28 bits per heavy atom. The van der Waals surface area contributed by atoms with Gasteiger partial charge in [0, 0.05) is 50.2 Å². The van der Waals surface area contributed by atoms with Crippen molar-refractivity contribution < 1.29 is 4.79 Å². The van der Waals surface area contributed by atoms with Crippen LogP contribution >= 0.6 is 0 Å². The molecule has 2 aliphatic rings. The third-order valence-electron chi connectivity index (χ3n) is 6.39. The highest BCUT2D eigenvalue weighted by Gasteiger charge is 2.40. The summed E-state index contributed by atoms with van der Waals surface area (Å²) in [5, 5.41) is 1.38. The Kier molecular flexibility index (Phi) is 4.32. The third kappa shape index (κ3) is 2.86. The van der Waals surface area contributed by atoms with Gasteiger partial charge >= 0.3 is 0 Å². The zero-order valence-corrected chi connectivity index (χ0v) is 15.6. The van der Waals surface area contributed by atoms with Crippen LogP contribution in [0.4, 0.5) is 0 Å². The van der Waals surface area contributed by atoms with Gasteiger partial charge in [-0.3, -0.25) is 9.69 Å². The van der Waals surface area contributed by atoms with Gasteiger partial charge in [0.15, 0.2) is 0 Å². The highest BCUT2D eigenvalue weighted by atomic mass is 16.2. The highest BCUT2D eigenvalue weighted by molar-refractivity contribution is 5.85. The number of nitrogens with zero attached hydrogens (tertiary/aromatic N) is 2. The molecule has 25 heavy (non-hydrogen) atoms. The molecule has 2 aliphatic heterocycles. The number of carbonyl (C=O) groups is 1. The van der Waals surface area contributed by atoms with E-state index in [9.17, 15) is 4.79 Å². The van der Waals surface area contributed by atoms with Crippen LogP contribution in [0.1, 0.15) is 43.5 Å². The van der Waals surface area contributed by atoms with Crippen molar-refractivity contribution in [2.45, 2.75) is 38.6 Å². The van der Waals surface area contributed by atoms with Crippen LogP contribution in [0.2, 0.25) is 0 Å². The molecule has 2 aromatic rings. The molecule has 0 aliphatic carbocycles. The number of aromatic amines is 1. The van der Waals surface area contributed by atoms with Crippen LogP contribution in [-0.4, -0.2) is 47.9 Å². The van der Waals surface area contributed by atoms with Gasteiger partial charge < -0.3 is 9.88 Å². The van der Waals surface area contributed by atoms with Crippen LogP contribution in [0.5, 0.6) is 0 Å². The normalized spacial score (nSPS) is 26.3. The summed E-state index contributed by atoms with van der Waals surface area (Å²) in [5.41, 5.74) is 4.17. The second-order valence-electron chi connectivity index (χ2n) is 7.98. The third-order valence-corrected chi connectivity index (χ3v) is 6.39. The maximum absolute atomic E-state index is 12.3. The van der Waals surface area contributed by atoms with E-state index in [1.165, 1.54) is 22.2 Å². The monoisotopic (exact) mass is 339 g/mol. The summed E-state index contributed by atoms with van der Waals surface area (Å²) in [6, 6.07) is 9.11. The van der Waals surface area contributed by atoms with Crippen molar-refractivity contribution in [2.24, 2.45) is 11.8 Å². The number of hydrogen-bond acceptors (Lipinski definition) is 2. The van der Waals surface area contributed by atoms with E-state index in [1.807, 2.05) is 14.1 Å². The molecule has 0 radical (unpaired) electrons. The molecule has 3 atom stereocenters. The molecule has 1 N–H and O–H groups in total. The Balaban J connectivity index is 1.65. The zero-order valence-electron chi connectivity index (χ0n) is 15.6. The number of carbonyl (C=O) groups excluding carboxylic acids is 1. The molecule has 1 saturated heterocycles. The molecule has 4 nitrogen and oxygen atoms in total. The molecule has 1 fully saturated rings. The minimum Gasteiger partial charge on any atom is -0.357 e. The van der Waals surface area contributed by atoms with Crippen LogP contribution in [0.15, 0.2) is 24.3 Å². The number of benzene rings is 1. The Morgan fingerprint density at radius 2 is 2.08 bits per heavy atom. The van der Waals surface area contributed by atoms with Crippen molar-refractivity contribution in [3.63, 3.8) is 0 Å². The lowest BCUT2D eigenvalue weighted by molar-refractivity contribution is -0.131. The molecule has 0 spiro atoms. The minimum atomic E-state index is 0.268. The first-order valence-corrected chi connectivity index (χ1v) is 9.62. The van der Waals surface area contributed by atoms with E-state index in [-0.39, 0.29) is 5.91 Å². The summed E-state index contributed by atoms with van der Waals surface area (Å²) in [5.74, 6) is 1.38. The van der Waals surface area contributed by atoms with Crippen LogP contribution in [0.25, 0.3) is 10.9 Å². The topological polar surface area (TPSA) is 39.3 Å². The summed E-state index contributed by atoms with van der Waals surface area (Å²) in [7, 11) is 3.74. The van der Waals surface area contributed by atoms with Crippen molar-refractivity contribution >= 4 is 16.8 Å². The van der Waals surface area contributed by atoms with Gasteiger partial charge in [0.2, 0.25) is 5.91 Å². The number of para-hydroxylation sites is 1. The Labute approximate surface area is 150 Å². The van der Waals surface area contributed by atoms with Gasteiger partial charge in [0.05, 0.1) is 6.04 Å². The number of rotatable bonds is 3. The molecule has 4 rings (SSSR count). The zero-order chi connectivity index (χ0) is 17.6. The van der Waals surface area contributed by atoms with Gasteiger partial charge in [-0.25, -0.2) is 0 Å². The van der Waals surface area contributed by atoms with Gasteiger partial charge in [-0.1, -0.05) is 31.5 Å². The van der Waals surface area contributed by atoms with Gasteiger partial charge in [0.1, 0.15) is 0 Å². The Hall–Kier alpha value is -1.81. The van der Waals surface area contributed by atoms with E-state index in [1.54, 1.807) is 4.90 Å². The average Bonchev–Trinajstić information content (AvgIpc) is 3.00. The lowest BCUT2D eigenvalue weighted by atomic mass is 9.75. The summed E-state index contributed by atoms with van der Waals surface area (Å²) < 4.78 is 0.